The van der Waals surface area contributed by atoms with Gasteiger partial charge in [-0.1, -0.05) is 48.5 Å². The Kier molecular flexibility index (Phi) is 5.22. The van der Waals surface area contributed by atoms with E-state index in [0.29, 0.717) is 24.9 Å². The summed E-state index contributed by atoms with van der Waals surface area (Å²) in [6.07, 6.45) is 0.945. The molecule has 0 saturated carbocycles. The van der Waals surface area contributed by atoms with Crippen molar-refractivity contribution in [3.63, 3.8) is 0 Å². The van der Waals surface area contributed by atoms with E-state index in [2.05, 4.69) is 0 Å². The lowest BCUT2D eigenvalue weighted by atomic mass is 9.98. The minimum Gasteiger partial charge on any atom is -0.452 e. The molecule has 0 atom stereocenters. The number of rotatable bonds is 5. The molecule has 0 aromatic heterocycles. The van der Waals surface area contributed by atoms with Crippen LogP contribution in [-0.2, 0) is 14.3 Å². The molecule has 2 aromatic carbocycles. The summed E-state index contributed by atoms with van der Waals surface area (Å²) in [5.41, 5.74) is 0.738. The molecule has 132 valence electrons. The second kappa shape index (κ2) is 7.74. The third-order valence-corrected chi connectivity index (χ3v) is 4.13. The molecule has 1 saturated heterocycles. The standard InChI is InChI=1S/C20H17NO5/c22-17-11-6-12-21(17)18(23)13-26-20(25)16-10-5-4-9-15(16)19(24)14-7-2-1-3-8-14/h1-5,7-10H,6,11-13H2. The fourth-order valence-corrected chi connectivity index (χ4v) is 2.80. The number of nitrogens with zero attached hydrogens (tertiary/aromatic N) is 1. The number of imide groups is 1. The molecule has 0 aliphatic carbocycles. The first-order chi connectivity index (χ1) is 12.6. The van der Waals surface area contributed by atoms with Gasteiger partial charge in [-0.15, -0.1) is 0 Å². The number of likely N-dealkylation sites (tertiary alicyclic amines) is 1. The smallest absolute Gasteiger partial charge is 0.339 e. The zero-order valence-corrected chi connectivity index (χ0v) is 14.0. The lowest BCUT2D eigenvalue weighted by Gasteiger charge is -2.14. The molecule has 6 heteroatoms. The van der Waals surface area contributed by atoms with E-state index in [0.717, 1.165) is 4.90 Å². The Hall–Kier alpha value is -3.28. The summed E-state index contributed by atoms with van der Waals surface area (Å²) in [5, 5.41) is 0. The van der Waals surface area contributed by atoms with Gasteiger partial charge in [0.05, 0.1) is 5.56 Å². The van der Waals surface area contributed by atoms with Crippen LogP contribution >= 0.6 is 0 Å². The van der Waals surface area contributed by atoms with Crippen LogP contribution < -0.4 is 0 Å². The first-order valence-electron chi connectivity index (χ1n) is 8.27. The minimum absolute atomic E-state index is 0.0851. The monoisotopic (exact) mass is 351 g/mol. The Bertz CT molecular complexity index is 860. The number of ketones is 1. The highest BCUT2D eigenvalue weighted by Gasteiger charge is 2.27. The van der Waals surface area contributed by atoms with Crippen molar-refractivity contribution < 1.29 is 23.9 Å². The molecule has 6 nitrogen and oxygen atoms in total. The first-order valence-corrected chi connectivity index (χ1v) is 8.27. The molecular weight excluding hydrogens is 334 g/mol. The number of hydrogen-bond donors (Lipinski definition) is 0. The van der Waals surface area contributed by atoms with Gasteiger partial charge in [0.2, 0.25) is 5.91 Å². The number of benzene rings is 2. The van der Waals surface area contributed by atoms with Crippen molar-refractivity contribution in [3.05, 3.63) is 71.3 Å². The Balaban J connectivity index is 1.73. The molecule has 0 spiro atoms. The lowest BCUT2D eigenvalue weighted by molar-refractivity contribution is -0.143. The maximum atomic E-state index is 12.6. The largest absolute Gasteiger partial charge is 0.452 e. The Morgan fingerprint density at radius 1 is 0.923 bits per heavy atom. The van der Waals surface area contributed by atoms with Gasteiger partial charge >= 0.3 is 5.97 Å². The van der Waals surface area contributed by atoms with Crippen molar-refractivity contribution in [3.8, 4) is 0 Å². The second-order valence-corrected chi connectivity index (χ2v) is 5.86. The van der Waals surface area contributed by atoms with E-state index in [1.807, 2.05) is 0 Å². The molecule has 26 heavy (non-hydrogen) atoms. The first kappa shape index (κ1) is 17.5. The molecule has 1 aliphatic rings. The van der Waals surface area contributed by atoms with Crippen molar-refractivity contribution in [1.82, 2.24) is 4.90 Å². The third-order valence-electron chi connectivity index (χ3n) is 4.13. The molecule has 1 aliphatic heterocycles. The van der Waals surface area contributed by atoms with Crippen LogP contribution in [-0.4, -0.2) is 41.6 Å². The average molecular weight is 351 g/mol. The zero-order chi connectivity index (χ0) is 18.5. The molecule has 0 radical (unpaired) electrons. The van der Waals surface area contributed by atoms with Crippen LogP contribution in [0.2, 0.25) is 0 Å². The number of carbonyl (C=O) groups is 4. The second-order valence-electron chi connectivity index (χ2n) is 5.86. The van der Waals surface area contributed by atoms with Crippen molar-refractivity contribution in [2.75, 3.05) is 13.2 Å². The van der Waals surface area contributed by atoms with E-state index in [-0.39, 0.29) is 22.8 Å². The number of amides is 2. The molecule has 0 bridgehead atoms. The average Bonchev–Trinajstić information content (AvgIpc) is 3.12. The van der Waals surface area contributed by atoms with Crippen molar-refractivity contribution in [2.24, 2.45) is 0 Å². The van der Waals surface area contributed by atoms with Gasteiger partial charge < -0.3 is 4.74 Å². The third kappa shape index (κ3) is 3.69. The summed E-state index contributed by atoms with van der Waals surface area (Å²) in [5.74, 6) is -1.89. The number of hydrogen-bond acceptors (Lipinski definition) is 5. The fourth-order valence-electron chi connectivity index (χ4n) is 2.80. The predicted octanol–water partition coefficient (Wildman–Crippen LogP) is 2.22. The highest BCUT2D eigenvalue weighted by molar-refractivity contribution is 6.14. The van der Waals surface area contributed by atoms with Gasteiger partial charge in [-0.3, -0.25) is 19.3 Å². The number of carbonyl (C=O) groups excluding carboxylic acids is 4. The predicted molar refractivity (Wildman–Crippen MR) is 92.6 cm³/mol. The number of esters is 1. The Morgan fingerprint density at radius 3 is 2.23 bits per heavy atom. The summed E-state index contributed by atoms with van der Waals surface area (Å²) in [6, 6.07) is 14.9. The molecule has 2 amide bonds. The van der Waals surface area contributed by atoms with Crippen LogP contribution in [0.3, 0.4) is 0 Å². The van der Waals surface area contributed by atoms with Crippen molar-refractivity contribution in [2.45, 2.75) is 12.8 Å². The summed E-state index contributed by atoms with van der Waals surface area (Å²) < 4.78 is 5.04. The van der Waals surface area contributed by atoms with Crippen LogP contribution in [0, 0.1) is 0 Å². The quantitative estimate of drug-likeness (QED) is 0.609. The summed E-state index contributed by atoms with van der Waals surface area (Å²) in [6.45, 7) is -0.184. The van der Waals surface area contributed by atoms with Crippen molar-refractivity contribution >= 4 is 23.6 Å². The molecule has 2 aromatic rings. The van der Waals surface area contributed by atoms with Gasteiger partial charge in [-0.05, 0) is 12.5 Å². The molecule has 0 N–H and O–H groups in total. The van der Waals surface area contributed by atoms with Gasteiger partial charge in [-0.25, -0.2) is 4.79 Å². The zero-order valence-electron chi connectivity index (χ0n) is 14.0. The Morgan fingerprint density at radius 2 is 1.58 bits per heavy atom. The van der Waals surface area contributed by atoms with Gasteiger partial charge in [0.1, 0.15) is 0 Å². The van der Waals surface area contributed by atoms with E-state index >= 15 is 0 Å². The Labute approximate surface area is 150 Å². The maximum Gasteiger partial charge on any atom is 0.339 e. The van der Waals surface area contributed by atoms with E-state index in [1.165, 1.54) is 12.1 Å². The molecule has 1 fully saturated rings. The van der Waals surface area contributed by atoms with Crippen LogP contribution in [0.15, 0.2) is 54.6 Å². The summed E-state index contributed by atoms with van der Waals surface area (Å²) in [7, 11) is 0. The highest BCUT2D eigenvalue weighted by Crippen LogP contribution is 2.16. The molecule has 0 unspecified atom stereocenters. The maximum absolute atomic E-state index is 12.6. The lowest BCUT2D eigenvalue weighted by Crippen LogP contribution is -2.35. The number of ether oxygens (including phenoxy) is 1. The molecule has 3 rings (SSSR count). The summed E-state index contributed by atoms with van der Waals surface area (Å²) in [4.78, 5) is 49.6. The summed E-state index contributed by atoms with van der Waals surface area (Å²) >= 11 is 0. The van der Waals surface area contributed by atoms with E-state index < -0.39 is 18.5 Å². The fraction of sp³-hybridized carbons (Fsp3) is 0.200. The van der Waals surface area contributed by atoms with Gasteiger partial charge in [0, 0.05) is 24.1 Å². The van der Waals surface area contributed by atoms with Gasteiger partial charge in [0.15, 0.2) is 12.4 Å². The van der Waals surface area contributed by atoms with E-state index in [9.17, 15) is 19.2 Å². The SMILES string of the molecule is O=C(OCC(=O)N1CCCC1=O)c1ccccc1C(=O)c1ccccc1. The molecular formula is C20H17NO5. The topological polar surface area (TPSA) is 80.8 Å². The minimum atomic E-state index is -0.773. The van der Waals surface area contributed by atoms with Gasteiger partial charge in [-0.2, -0.15) is 0 Å². The van der Waals surface area contributed by atoms with Gasteiger partial charge in [0.25, 0.3) is 5.91 Å². The van der Waals surface area contributed by atoms with Crippen LogP contribution in [0.4, 0.5) is 0 Å². The van der Waals surface area contributed by atoms with E-state index in [1.54, 1.807) is 42.5 Å². The van der Waals surface area contributed by atoms with Crippen LogP contribution in [0.1, 0.15) is 39.1 Å². The normalized spacial score (nSPS) is 13.5. The highest BCUT2D eigenvalue weighted by atomic mass is 16.5. The van der Waals surface area contributed by atoms with E-state index in [4.69, 9.17) is 4.74 Å². The van der Waals surface area contributed by atoms with Crippen LogP contribution in [0.5, 0.6) is 0 Å². The van der Waals surface area contributed by atoms with Crippen LogP contribution in [0.25, 0.3) is 0 Å². The molecule has 1 heterocycles. The van der Waals surface area contributed by atoms with Crippen molar-refractivity contribution in [1.29, 1.82) is 0 Å².